The maximum absolute atomic E-state index is 8.97. The van der Waals surface area contributed by atoms with E-state index in [-0.39, 0.29) is 11.8 Å². The van der Waals surface area contributed by atoms with Gasteiger partial charge in [0.05, 0.1) is 23.3 Å². The van der Waals surface area contributed by atoms with E-state index < -0.39 is 0 Å². The van der Waals surface area contributed by atoms with Gasteiger partial charge in [0.1, 0.15) is 0 Å². The van der Waals surface area contributed by atoms with E-state index in [1.807, 2.05) is 26.0 Å². The standard InChI is InChI=1S/C12H10N2/c1-7(2)12-8-3-4-9(12)11(6-14)10(8)5-13/h3-4,8-9H,1-2H3. The molecule has 0 aromatic carbocycles. The molecule has 2 rings (SSSR count). The fourth-order valence-corrected chi connectivity index (χ4v) is 2.34. The number of nitriles is 2. The Morgan fingerprint density at radius 3 is 1.79 bits per heavy atom. The van der Waals surface area contributed by atoms with E-state index in [4.69, 9.17) is 10.5 Å². The summed E-state index contributed by atoms with van der Waals surface area (Å²) in [6.07, 6.45) is 4.07. The highest BCUT2D eigenvalue weighted by Crippen LogP contribution is 2.48. The van der Waals surface area contributed by atoms with Crippen LogP contribution >= 0.6 is 0 Å². The first-order chi connectivity index (χ1) is 6.70. The van der Waals surface area contributed by atoms with Crippen LogP contribution in [0.25, 0.3) is 0 Å². The summed E-state index contributed by atoms with van der Waals surface area (Å²) in [7, 11) is 0. The molecule has 0 heterocycles. The van der Waals surface area contributed by atoms with Crippen LogP contribution in [0.15, 0.2) is 34.4 Å². The predicted molar refractivity (Wildman–Crippen MR) is 52.7 cm³/mol. The highest BCUT2D eigenvalue weighted by molar-refractivity contribution is 5.61. The van der Waals surface area contributed by atoms with Crippen molar-refractivity contribution in [2.45, 2.75) is 13.8 Å². The van der Waals surface area contributed by atoms with Crippen LogP contribution in [0.4, 0.5) is 0 Å². The van der Waals surface area contributed by atoms with E-state index in [1.54, 1.807) is 0 Å². The Labute approximate surface area is 83.5 Å². The molecule has 0 amide bonds. The third-order valence-corrected chi connectivity index (χ3v) is 2.90. The summed E-state index contributed by atoms with van der Waals surface area (Å²) in [6.45, 7) is 4.08. The van der Waals surface area contributed by atoms with Crippen molar-refractivity contribution in [1.29, 1.82) is 10.5 Å². The van der Waals surface area contributed by atoms with Gasteiger partial charge < -0.3 is 0 Å². The Morgan fingerprint density at radius 2 is 1.50 bits per heavy atom. The highest BCUT2D eigenvalue weighted by atomic mass is 14.4. The minimum absolute atomic E-state index is 0.0876. The SMILES string of the molecule is CC(C)=C1C2C=CC1C(C#N)=C2C#N. The molecule has 0 saturated carbocycles. The van der Waals surface area contributed by atoms with E-state index in [1.165, 1.54) is 11.1 Å². The van der Waals surface area contributed by atoms with Gasteiger partial charge >= 0.3 is 0 Å². The Balaban J connectivity index is 2.59. The number of allylic oxidation sites excluding steroid dienone is 6. The van der Waals surface area contributed by atoms with Crippen molar-refractivity contribution < 1.29 is 0 Å². The lowest BCUT2D eigenvalue weighted by Crippen LogP contribution is -1.97. The van der Waals surface area contributed by atoms with Crippen molar-refractivity contribution in [2.24, 2.45) is 11.8 Å². The number of rotatable bonds is 0. The molecular formula is C12H10N2. The monoisotopic (exact) mass is 182 g/mol. The van der Waals surface area contributed by atoms with Crippen LogP contribution in [-0.2, 0) is 0 Å². The lowest BCUT2D eigenvalue weighted by atomic mass is 9.95. The third kappa shape index (κ3) is 0.887. The topological polar surface area (TPSA) is 47.6 Å². The molecule has 0 aliphatic heterocycles. The summed E-state index contributed by atoms with van der Waals surface area (Å²) >= 11 is 0. The molecule has 68 valence electrons. The molecule has 0 aromatic rings. The number of fused-ring (bicyclic) bond motifs is 2. The molecule has 2 unspecified atom stereocenters. The number of nitrogens with zero attached hydrogens (tertiary/aromatic N) is 2. The van der Waals surface area contributed by atoms with Crippen LogP contribution in [-0.4, -0.2) is 0 Å². The predicted octanol–water partition coefficient (Wildman–Crippen LogP) is 2.48. The molecular weight excluding hydrogens is 172 g/mol. The van der Waals surface area contributed by atoms with Gasteiger partial charge in [0, 0.05) is 11.8 Å². The molecule has 2 aliphatic carbocycles. The Kier molecular flexibility index (Phi) is 1.79. The van der Waals surface area contributed by atoms with Gasteiger partial charge in [0.25, 0.3) is 0 Å². The van der Waals surface area contributed by atoms with Crippen LogP contribution in [0.3, 0.4) is 0 Å². The van der Waals surface area contributed by atoms with Gasteiger partial charge in [-0.2, -0.15) is 10.5 Å². The van der Waals surface area contributed by atoms with Crippen LogP contribution in [0.2, 0.25) is 0 Å². The first kappa shape index (κ1) is 8.78. The third-order valence-electron chi connectivity index (χ3n) is 2.90. The summed E-state index contributed by atoms with van der Waals surface area (Å²) in [4.78, 5) is 0. The van der Waals surface area contributed by atoms with Crippen molar-refractivity contribution in [3.8, 4) is 12.1 Å². The molecule has 0 aromatic heterocycles. The minimum Gasteiger partial charge on any atom is -0.193 e. The highest BCUT2D eigenvalue weighted by Gasteiger charge is 2.40. The summed E-state index contributed by atoms with van der Waals surface area (Å²) in [5.41, 5.74) is 3.76. The van der Waals surface area contributed by atoms with E-state index in [9.17, 15) is 0 Å². The van der Waals surface area contributed by atoms with E-state index >= 15 is 0 Å². The second-order valence-electron chi connectivity index (χ2n) is 3.85. The van der Waals surface area contributed by atoms with E-state index in [0.29, 0.717) is 11.1 Å². The molecule has 0 N–H and O–H groups in total. The molecule has 0 spiro atoms. The Bertz CT molecular complexity index is 424. The average Bonchev–Trinajstić information content (AvgIpc) is 2.70. The largest absolute Gasteiger partial charge is 0.193 e. The van der Waals surface area contributed by atoms with Gasteiger partial charge in [-0.15, -0.1) is 0 Å². The number of hydrogen-bond acceptors (Lipinski definition) is 2. The smallest absolute Gasteiger partial charge is 0.0967 e. The second kappa shape index (κ2) is 2.86. The van der Waals surface area contributed by atoms with Crippen molar-refractivity contribution in [1.82, 2.24) is 0 Å². The zero-order valence-corrected chi connectivity index (χ0v) is 8.20. The molecule has 0 fully saturated rings. The first-order valence-electron chi connectivity index (χ1n) is 4.60. The molecule has 0 radical (unpaired) electrons. The molecule has 14 heavy (non-hydrogen) atoms. The Morgan fingerprint density at radius 1 is 1.07 bits per heavy atom. The maximum Gasteiger partial charge on any atom is 0.0967 e. The van der Waals surface area contributed by atoms with Crippen molar-refractivity contribution >= 4 is 0 Å². The fraction of sp³-hybridized carbons (Fsp3) is 0.333. The van der Waals surface area contributed by atoms with Crippen LogP contribution in [0.1, 0.15) is 13.8 Å². The van der Waals surface area contributed by atoms with Crippen LogP contribution in [0, 0.1) is 34.5 Å². The summed E-state index contributed by atoms with van der Waals surface area (Å²) in [5.74, 6) is 0.175. The average molecular weight is 182 g/mol. The van der Waals surface area contributed by atoms with Gasteiger partial charge in [-0.3, -0.25) is 0 Å². The van der Waals surface area contributed by atoms with Gasteiger partial charge in [-0.05, 0) is 19.4 Å². The van der Waals surface area contributed by atoms with Gasteiger partial charge in [-0.25, -0.2) is 0 Å². The van der Waals surface area contributed by atoms with Crippen molar-refractivity contribution in [3.63, 3.8) is 0 Å². The van der Waals surface area contributed by atoms with Crippen LogP contribution < -0.4 is 0 Å². The lowest BCUT2D eigenvalue weighted by Gasteiger charge is -2.07. The van der Waals surface area contributed by atoms with Gasteiger partial charge in [0.15, 0.2) is 0 Å². The quantitative estimate of drug-likeness (QED) is 0.540. The van der Waals surface area contributed by atoms with E-state index in [2.05, 4.69) is 12.1 Å². The zero-order valence-electron chi connectivity index (χ0n) is 8.20. The fourth-order valence-electron chi connectivity index (χ4n) is 2.34. The molecule has 2 aliphatic rings. The zero-order chi connectivity index (χ0) is 10.3. The molecule has 2 nitrogen and oxygen atoms in total. The van der Waals surface area contributed by atoms with Crippen LogP contribution in [0.5, 0.6) is 0 Å². The minimum atomic E-state index is 0.0876. The maximum atomic E-state index is 8.97. The van der Waals surface area contributed by atoms with Gasteiger partial charge in [-0.1, -0.05) is 17.7 Å². The second-order valence-corrected chi connectivity index (χ2v) is 3.85. The van der Waals surface area contributed by atoms with Crippen molar-refractivity contribution in [3.05, 3.63) is 34.4 Å². The Hall–Kier alpha value is -1.80. The summed E-state index contributed by atoms with van der Waals surface area (Å²) < 4.78 is 0. The molecule has 0 saturated heterocycles. The number of hydrogen-bond donors (Lipinski definition) is 0. The summed E-state index contributed by atoms with van der Waals surface area (Å²) in [6, 6.07) is 4.31. The van der Waals surface area contributed by atoms with Gasteiger partial charge in [0.2, 0.25) is 0 Å². The molecule has 2 atom stereocenters. The first-order valence-corrected chi connectivity index (χ1v) is 4.60. The van der Waals surface area contributed by atoms with Crippen molar-refractivity contribution in [2.75, 3.05) is 0 Å². The lowest BCUT2D eigenvalue weighted by molar-refractivity contribution is 0.901. The molecule has 2 heteroatoms. The van der Waals surface area contributed by atoms with E-state index in [0.717, 1.165) is 0 Å². The molecule has 2 bridgehead atoms. The summed E-state index contributed by atoms with van der Waals surface area (Å²) in [5, 5.41) is 17.9. The normalized spacial score (nSPS) is 27.9.